The van der Waals surface area contributed by atoms with Crippen molar-refractivity contribution in [1.29, 1.82) is 0 Å². The Balaban J connectivity index is 0.00000243. The van der Waals surface area contributed by atoms with Crippen LogP contribution in [0.2, 0.25) is 0 Å². The number of aliphatic imine (C=N–C) groups is 1. The molecule has 0 radical (unpaired) electrons. The van der Waals surface area contributed by atoms with Crippen molar-refractivity contribution in [3.05, 3.63) is 53.3 Å². The molecule has 26 heavy (non-hydrogen) atoms. The lowest BCUT2D eigenvalue weighted by Crippen LogP contribution is -2.39. The predicted octanol–water partition coefficient (Wildman–Crippen LogP) is 2.99. The Morgan fingerprint density at radius 1 is 1.27 bits per heavy atom. The molecule has 1 aliphatic heterocycles. The van der Waals surface area contributed by atoms with E-state index in [4.69, 9.17) is 9.47 Å². The molecule has 1 aliphatic rings. The van der Waals surface area contributed by atoms with E-state index in [9.17, 15) is 0 Å². The van der Waals surface area contributed by atoms with Crippen molar-refractivity contribution < 1.29 is 9.47 Å². The first-order valence-corrected chi connectivity index (χ1v) is 8.37. The minimum Gasteiger partial charge on any atom is -0.454 e. The maximum atomic E-state index is 5.44. The molecule has 0 saturated carbocycles. The van der Waals surface area contributed by atoms with Crippen LogP contribution in [0.15, 0.2) is 41.7 Å². The Bertz CT molecular complexity index is 767. The van der Waals surface area contributed by atoms with E-state index in [0.717, 1.165) is 42.5 Å². The molecule has 0 aliphatic carbocycles. The van der Waals surface area contributed by atoms with Crippen molar-refractivity contribution in [3.8, 4) is 11.5 Å². The Hall–Kier alpha value is -2.03. The number of fused-ring (bicyclic) bond motifs is 1. The van der Waals surface area contributed by atoms with Crippen LogP contribution in [0.5, 0.6) is 11.5 Å². The highest BCUT2D eigenvalue weighted by Gasteiger charge is 2.14. The van der Waals surface area contributed by atoms with E-state index in [2.05, 4.69) is 39.2 Å². The number of ether oxygens (including phenoxy) is 2. The summed E-state index contributed by atoms with van der Waals surface area (Å²) >= 11 is 0. The van der Waals surface area contributed by atoms with E-state index in [-0.39, 0.29) is 24.0 Å². The zero-order valence-corrected chi connectivity index (χ0v) is 17.7. The summed E-state index contributed by atoms with van der Waals surface area (Å²) < 4.78 is 10.8. The molecule has 1 aromatic carbocycles. The highest BCUT2D eigenvalue weighted by atomic mass is 127. The third kappa shape index (κ3) is 5.00. The van der Waals surface area contributed by atoms with Crippen LogP contribution in [0.25, 0.3) is 0 Å². The van der Waals surface area contributed by atoms with Crippen molar-refractivity contribution in [2.24, 2.45) is 4.99 Å². The van der Waals surface area contributed by atoms with E-state index in [1.54, 1.807) is 7.05 Å². The number of aryl methyl sites for hydroxylation is 1. The van der Waals surface area contributed by atoms with Crippen LogP contribution in [0.4, 0.5) is 0 Å². The molecule has 0 saturated heterocycles. The Kier molecular flexibility index (Phi) is 7.50. The normalized spacial score (nSPS) is 12.5. The van der Waals surface area contributed by atoms with Crippen LogP contribution in [-0.4, -0.2) is 43.3 Å². The zero-order valence-electron chi connectivity index (χ0n) is 15.4. The standard InChI is InChI=1S/C19H24N4O2.HI/c1-14-11-21-8-6-16(14)7-9-22-19(20-2)23(3)12-15-4-5-17-18(10-15)25-13-24-17;/h4-6,8,10-11H,7,9,12-13H2,1-3H3,(H,20,22);1H. The van der Waals surface area contributed by atoms with Gasteiger partial charge in [-0.05, 0) is 48.2 Å². The van der Waals surface area contributed by atoms with E-state index >= 15 is 0 Å². The number of rotatable bonds is 5. The number of nitrogens with zero attached hydrogens (tertiary/aromatic N) is 3. The first-order chi connectivity index (χ1) is 12.2. The van der Waals surface area contributed by atoms with Gasteiger partial charge in [-0.25, -0.2) is 0 Å². The average molecular weight is 468 g/mol. The maximum Gasteiger partial charge on any atom is 0.231 e. The second kappa shape index (κ2) is 9.61. The maximum absolute atomic E-state index is 5.44. The van der Waals surface area contributed by atoms with Crippen molar-refractivity contribution in [2.75, 3.05) is 27.4 Å². The number of pyridine rings is 1. The SMILES string of the molecule is CN=C(NCCc1ccncc1C)N(C)Cc1ccc2c(c1)OCO2.I. The summed E-state index contributed by atoms with van der Waals surface area (Å²) in [5, 5.41) is 3.42. The van der Waals surface area contributed by atoms with Gasteiger partial charge >= 0.3 is 0 Å². The lowest BCUT2D eigenvalue weighted by molar-refractivity contribution is 0.174. The average Bonchev–Trinajstić information content (AvgIpc) is 3.08. The molecule has 0 unspecified atom stereocenters. The summed E-state index contributed by atoms with van der Waals surface area (Å²) in [4.78, 5) is 10.6. The van der Waals surface area contributed by atoms with Crippen LogP contribution >= 0.6 is 24.0 Å². The molecule has 1 N–H and O–H groups in total. The summed E-state index contributed by atoms with van der Waals surface area (Å²) in [6.07, 6.45) is 4.67. The van der Waals surface area contributed by atoms with Crippen LogP contribution < -0.4 is 14.8 Å². The van der Waals surface area contributed by atoms with Gasteiger partial charge in [0.1, 0.15) is 0 Å². The Morgan fingerprint density at radius 3 is 2.85 bits per heavy atom. The highest BCUT2D eigenvalue weighted by molar-refractivity contribution is 14.0. The predicted molar refractivity (Wildman–Crippen MR) is 113 cm³/mol. The van der Waals surface area contributed by atoms with Gasteiger partial charge in [0.2, 0.25) is 6.79 Å². The lowest BCUT2D eigenvalue weighted by atomic mass is 10.1. The smallest absolute Gasteiger partial charge is 0.231 e. The summed E-state index contributed by atoms with van der Waals surface area (Å²) in [6, 6.07) is 8.09. The Morgan fingerprint density at radius 2 is 2.08 bits per heavy atom. The topological polar surface area (TPSA) is 59.0 Å². The lowest BCUT2D eigenvalue weighted by Gasteiger charge is -2.22. The van der Waals surface area contributed by atoms with Gasteiger partial charge in [0.05, 0.1) is 0 Å². The fraction of sp³-hybridized carbons (Fsp3) is 0.368. The van der Waals surface area contributed by atoms with Gasteiger partial charge in [-0.1, -0.05) is 6.07 Å². The number of hydrogen-bond acceptors (Lipinski definition) is 4. The molecule has 0 atom stereocenters. The van der Waals surface area contributed by atoms with E-state index < -0.39 is 0 Å². The molecule has 0 fully saturated rings. The van der Waals surface area contributed by atoms with Gasteiger partial charge in [0, 0.05) is 39.6 Å². The van der Waals surface area contributed by atoms with Crippen LogP contribution in [-0.2, 0) is 13.0 Å². The Labute approximate surface area is 171 Å². The van der Waals surface area contributed by atoms with Gasteiger partial charge < -0.3 is 19.7 Å². The molecule has 0 amide bonds. The molecule has 0 spiro atoms. The first-order valence-electron chi connectivity index (χ1n) is 8.37. The first kappa shape index (κ1) is 20.3. The minimum absolute atomic E-state index is 0. The van der Waals surface area contributed by atoms with Crippen LogP contribution in [0.3, 0.4) is 0 Å². The summed E-state index contributed by atoms with van der Waals surface area (Å²) in [5.74, 6) is 2.48. The molecule has 3 rings (SSSR count). The van der Waals surface area contributed by atoms with Crippen molar-refractivity contribution in [1.82, 2.24) is 15.2 Å². The number of nitrogens with one attached hydrogen (secondary N) is 1. The summed E-state index contributed by atoms with van der Waals surface area (Å²) in [6.45, 7) is 3.95. The largest absolute Gasteiger partial charge is 0.454 e. The summed E-state index contributed by atoms with van der Waals surface area (Å²) in [5.41, 5.74) is 3.67. The van der Waals surface area contributed by atoms with Gasteiger partial charge in [0.25, 0.3) is 0 Å². The van der Waals surface area contributed by atoms with Gasteiger partial charge in [-0.3, -0.25) is 9.98 Å². The molecule has 7 heteroatoms. The van der Waals surface area contributed by atoms with Crippen molar-refractivity contribution >= 4 is 29.9 Å². The van der Waals surface area contributed by atoms with Crippen LogP contribution in [0.1, 0.15) is 16.7 Å². The molecule has 2 heterocycles. The molecule has 2 aromatic rings. The summed E-state index contributed by atoms with van der Waals surface area (Å²) in [7, 11) is 3.83. The number of hydrogen-bond donors (Lipinski definition) is 1. The molecule has 140 valence electrons. The second-order valence-corrected chi connectivity index (χ2v) is 6.07. The fourth-order valence-electron chi connectivity index (χ4n) is 2.86. The van der Waals surface area contributed by atoms with E-state index in [1.165, 1.54) is 11.1 Å². The third-order valence-electron chi connectivity index (χ3n) is 4.24. The van der Waals surface area contributed by atoms with E-state index in [1.807, 2.05) is 31.6 Å². The monoisotopic (exact) mass is 468 g/mol. The molecule has 6 nitrogen and oxygen atoms in total. The number of benzene rings is 1. The second-order valence-electron chi connectivity index (χ2n) is 6.07. The third-order valence-corrected chi connectivity index (χ3v) is 4.24. The molecule has 1 aromatic heterocycles. The van der Waals surface area contributed by atoms with Crippen molar-refractivity contribution in [2.45, 2.75) is 19.9 Å². The van der Waals surface area contributed by atoms with Gasteiger partial charge in [0.15, 0.2) is 17.5 Å². The number of guanidine groups is 1. The molecule has 0 bridgehead atoms. The van der Waals surface area contributed by atoms with E-state index in [0.29, 0.717) is 6.79 Å². The molecular formula is C19H25IN4O2. The van der Waals surface area contributed by atoms with Gasteiger partial charge in [-0.2, -0.15) is 0 Å². The van der Waals surface area contributed by atoms with Crippen molar-refractivity contribution in [3.63, 3.8) is 0 Å². The minimum atomic E-state index is 0. The molecular weight excluding hydrogens is 443 g/mol. The highest BCUT2D eigenvalue weighted by Crippen LogP contribution is 2.32. The quantitative estimate of drug-likeness (QED) is 0.416. The van der Waals surface area contributed by atoms with Crippen LogP contribution in [0, 0.1) is 6.92 Å². The number of aromatic nitrogens is 1. The zero-order chi connectivity index (χ0) is 17.6. The fourth-order valence-corrected chi connectivity index (χ4v) is 2.86. The van der Waals surface area contributed by atoms with Gasteiger partial charge in [-0.15, -0.1) is 24.0 Å². The number of halogens is 1.